The zero-order valence-corrected chi connectivity index (χ0v) is 12.7. The minimum absolute atomic E-state index is 0.293. The summed E-state index contributed by atoms with van der Waals surface area (Å²) in [5.74, 6) is 0.933. The van der Waals surface area contributed by atoms with Crippen molar-refractivity contribution in [2.75, 3.05) is 45.9 Å². The van der Waals surface area contributed by atoms with Crippen molar-refractivity contribution in [2.45, 2.75) is 32.6 Å². The van der Waals surface area contributed by atoms with E-state index in [1.165, 1.54) is 6.42 Å². The topological polar surface area (TPSA) is 32.8 Å². The van der Waals surface area contributed by atoms with E-state index >= 15 is 0 Å². The number of morpholine rings is 1. The Hall–Kier alpha value is -0.870. The lowest BCUT2D eigenvalue weighted by Gasteiger charge is -2.36. The van der Waals surface area contributed by atoms with Crippen LogP contribution in [0.1, 0.15) is 32.6 Å². The number of hydrogen-bond donors (Lipinski definition) is 0. The van der Waals surface area contributed by atoms with Crippen LogP contribution in [-0.2, 0) is 9.53 Å². The Labute approximate surface area is 122 Å². The van der Waals surface area contributed by atoms with Crippen LogP contribution in [0.3, 0.4) is 0 Å². The van der Waals surface area contributed by atoms with Gasteiger partial charge in [-0.3, -0.25) is 9.69 Å². The average molecular weight is 280 g/mol. The monoisotopic (exact) mass is 280 g/mol. The number of amides is 1. The molecule has 0 aromatic rings. The zero-order valence-electron chi connectivity index (χ0n) is 12.7. The van der Waals surface area contributed by atoms with E-state index in [2.05, 4.69) is 22.8 Å². The van der Waals surface area contributed by atoms with Crippen molar-refractivity contribution < 1.29 is 9.53 Å². The van der Waals surface area contributed by atoms with Crippen molar-refractivity contribution in [3.63, 3.8) is 0 Å². The fourth-order valence-corrected chi connectivity index (χ4v) is 3.07. The van der Waals surface area contributed by atoms with E-state index in [0.29, 0.717) is 18.2 Å². The van der Waals surface area contributed by atoms with Crippen molar-refractivity contribution in [3.05, 3.63) is 12.2 Å². The zero-order chi connectivity index (χ0) is 14.2. The number of allylic oxidation sites excluding steroid dienone is 1. The summed E-state index contributed by atoms with van der Waals surface area (Å²) in [6.45, 7) is 8.91. The Bertz CT molecular complexity index is 324. The van der Waals surface area contributed by atoms with Gasteiger partial charge in [-0.2, -0.15) is 0 Å². The van der Waals surface area contributed by atoms with Crippen LogP contribution in [0.15, 0.2) is 12.2 Å². The Morgan fingerprint density at radius 2 is 2.05 bits per heavy atom. The molecule has 114 valence electrons. The van der Waals surface area contributed by atoms with E-state index in [1.54, 1.807) is 0 Å². The van der Waals surface area contributed by atoms with Gasteiger partial charge >= 0.3 is 0 Å². The Morgan fingerprint density at radius 3 is 2.80 bits per heavy atom. The maximum absolute atomic E-state index is 12.2. The lowest BCUT2D eigenvalue weighted by Crippen LogP contribution is -2.46. The fourth-order valence-electron chi connectivity index (χ4n) is 3.07. The second-order valence-electron chi connectivity index (χ2n) is 5.84. The Kier molecular flexibility index (Phi) is 6.54. The standard InChI is InChI=1S/C16H28N2O2/c1-2-3-4-7-16(19)18-8-5-6-15(14-18)13-17-9-11-20-12-10-17/h3-4,15H,2,5-14H2,1H3. The number of carbonyl (C=O) groups excluding carboxylic acids is 1. The van der Waals surface area contributed by atoms with Gasteiger partial charge in [-0.15, -0.1) is 0 Å². The minimum atomic E-state index is 0.293. The molecule has 0 spiro atoms. The van der Waals surface area contributed by atoms with Gasteiger partial charge in [0, 0.05) is 39.1 Å². The predicted octanol–water partition coefficient (Wildman–Crippen LogP) is 1.91. The molecular weight excluding hydrogens is 252 g/mol. The first-order chi connectivity index (χ1) is 9.79. The van der Waals surface area contributed by atoms with Gasteiger partial charge in [-0.05, 0) is 25.2 Å². The number of ether oxygens (including phenoxy) is 1. The first-order valence-electron chi connectivity index (χ1n) is 8.02. The molecule has 0 aliphatic carbocycles. The van der Waals surface area contributed by atoms with Gasteiger partial charge in [0.05, 0.1) is 13.2 Å². The first-order valence-corrected chi connectivity index (χ1v) is 8.02. The molecule has 2 heterocycles. The number of hydrogen-bond acceptors (Lipinski definition) is 3. The number of likely N-dealkylation sites (tertiary alicyclic amines) is 1. The summed E-state index contributed by atoms with van der Waals surface area (Å²) in [7, 11) is 0. The summed E-state index contributed by atoms with van der Waals surface area (Å²) >= 11 is 0. The first kappa shape index (κ1) is 15.5. The van der Waals surface area contributed by atoms with Crippen LogP contribution < -0.4 is 0 Å². The molecule has 2 aliphatic rings. The maximum Gasteiger partial charge on any atom is 0.226 e. The molecule has 1 atom stereocenters. The molecule has 0 aromatic heterocycles. The molecule has 2 saturated heterocycles. The van der Waals surface area contributed by atoms with E-state index < -0.39 is 0 Å². The summed E-state index contributed by atoms with van der Waals surface area (Å²) in [6, 6.07) is 0. The third-order valence-corrected chi connectivity index (χ3v) is 4.19. The molecule has 0 aromatic carbocycles. The highest BCUT2D eigenvalue weighted by atomic mass is 16.5. The molecule has 0 saturated carbocycles. The van der Waals surface area contributed by atoms with Gasteiger partial charge in [-0.25, -0.2) is 0 Å². The summed E-state index contributed by atoms with van der Waals surface area (Å²) in [4.78, 5) is 16.7. The summed E-state index contributed by atoms with van der Waals surface area (Å²) in [5, 5.41) is 0. The number of carbonyl (C=O) groups is 1. The third-order valence-electron chi connectivity index (χ3n) is 4.19. The van der Waals surface area contributed by atoms with Crippen LogP contribution in [0.25, 0.3) is 0 Å². The third kappa shape index (κ3) is 4.91. The Balaban J connectivity index is 1.75. The summed E-state index contributed by atoms with van der Waals surface area (Å²) < 4.78 is 5.39. The van der Waals surface area contributed by atoms with E-state index in [1.807, 2.05) is 6.08 Å². The molecule has 0 radical (unpaired) electrons. The molecule has 20 heavy (non-hydrogen) atoms. The molecular formula is C16H28N2O2. The van der Waals surface area contributed by atoms with Crippen LogP contribution in [0.2, 0.25) is 0 Å². The quantitative estimate of drug-likeness (QED) is 0.721. The van der Waals surface area contributed by atoms with Crippen LogP contribution in [0.4, 0.5) is 0 Å². The Morgan fingerprint density at radius 1 is 1.25 bits per heavy atom. The van der Waals surface area contributed by atoms with Crippen molar-refractivity contribution in [2.24, 2.45) is 5.92 Å². The highest BCUT2D eigenvalue weighted by Crippen LogP contribution is 2.19. The molecule has 2 rings (SSSR count). The van der Waals surface area contributed by atoms with Crippen molar-refractivity contribution in [3.8, 4) is 0 Å². The van der Waals surface area contributed by atoms with Gasteiger partial charge in [0.15, 0.2) is 0 Å². The summed E-state index contributed by atoms with van der Waals surface area (Å²) in [5.41, 5.74) is 0. The van der Waals surface area contributed by atoms with Crippen LogP contribution in [-0.4, -0.2) is 61.6 Å². The molecule has 1 unspecified atom stereocenters. The number of piperidine rings is 1. The highest BCUT2D eigenvalue weighted by Gasteiger charge is 2.25. The smallest absolute Gasteiger partial charge is 0.226 e. The van der Waals surface area contributed by atoms with Gasteiger partial charge in [0.2, 0.25) is 5.91 Å². The average Bonchev–Trinajstić information content (AvgIpc) is 2.49. The lowest BCUT2D eigenvalue weighted by molar-refractivity contribution is -0.132. The van der Waals surface area contributed by atoms with Crippen LogP contribution in [0.5, 0.6) is 0 Å². The fraction of sp³-hybridized carbons (Fsp3) is 0.812. The predicted molar refractivity (Wildman–Crippen MR) is 80.6 cm³/mol. The molecule has 1 amide bonds. The van der Waals surface area contributed by atoms with Crippen molar-refractivity contribution >= 4 is 5.91 Å². The van der Waals surface area contributed by atoms with E-state index in [4.69, 9.17) is 4.74 Å². The van der Waals surface area contributed by atoms with Crippen LogP contribution in [0, 0.1) is 5.92 Å². The summed E-state index contributed by atoms with van der Waals surface area (Å²) in [6.07, 6.45) is 8.07. The SMILES string of the molecule is CCC=CCC(=O)N1CCCC(CN2CCOCC2)C1. The second-order valence-corrected chi connectivity index (χ2v) is 5.84. The lowest BCUT2D eigenvalue weighted by atomic mass is 9.97. The second kappa shape index (κ2) is 8.42. The van der Waals surface area contributed by atoms with E-state index in [0.717, 1.165) is 58.8 Å². The molecule has 4 heteroatoms. The highest BCUT2D eigenvalue weighted by molar-refractivity contribution is 5.77. The van der Waals surface area contributed by atoms with Gasteiger partial charge < -0.3 is 9.64 Å². The minimum Gasteiger partial charge on any atom is -0.379 e. The van der Waals surface area contributed by atoms with Gasteiger partial charge in [0.1, 0.15) is 0 Å². The molecule has 2 aliphatic heterocycles. The van der Waals surface area contributed by atoms with Gasteiger partial charge in [0.25, 0.3) is 0 Å². The normalized spacial score (nSPS) is 25.2. The van der Waals surface area contributed by atoms with Crippen molar-refractivity contribution in [1.82, 2.24) is 9.80 Å². The molecule has 0 bridgehead atoms. The van der Waals surface area contributed by atoms with Crippen LogP contribution >= 0.6 is 0 Å². The molecule has 0 N–H and O–H groups in total. The molecule has 4 nitrogen and oxygen atoms in total. The number of nitrogens with zero attached hydrogens (tertiary/aromatic N) is 2. The number of rotatable bonds is 5. The largest absolute Gasteiger partial charge is 0.379 e. The van der Waals surface area contributed by atoms with Gasteiger partial charge in [-0.1, -0.05) is 19.1 Å². The van der Waals surface area contributed by atoms with E-state index in [-0.39, 0.29) is 0 Å². The van der Waals surface area contributed by atoms with E-state index in [9.17, 15) is 4.79 Å². The van der Waals surface area contributed by atoms with Crippen molar-refractivity contribution in [1.29, 1.82) is 0 Å². The molecule has 2 fully saturated rings. The maximum atomic E-state index is 12.2.